The second kappa shape index (κ2) is 6.76. The Balaban J connectivity index is 1.53. The van der Waals surface area contributed by atoms with Crippen LogP contribution in [0.4, 0.5) is 5.69 Å². The van der Waals surface area contributed by atoms with Gasteiger partial charge in [-0.1, -0.05) is 12.1 Å². The number of ether oxygens (including phenoxy) is 1. The second-order valence-electron chi connectivity index (χ2n) is 5.04. The molecular weight excluding hydrogens is 224 g/mol. The Hall–Kier alpha value is -1.06. The molecular formula is C15H24N2O. The summed E-state index contributed by atoms with van der Waals surface area (Å²) in [5.74, 6) is 0. The first-order valence-corrected chi connectivity index (χ1v) is 6.97. The van der Waals surface area contributed by atoms with Crippen LogP contribution in [0.3, 0.4) is 0 Å². The van der Waals surface area contributed by atoms with Gasteiger partial charge in [0.05, 0.1) is 6.10 Å². The van der Waals surface area contributed by atoms with E-state index in [1.807, 2.05) is 12.1 Å². The lowest BCUT2D eigenvalue weighted by molar-refractivity contribution is -0.00972. The number of nitrogens with one attached hydrogen (secondary N) is 1. The van der Waals surface area contributed by atoms with Gasteiger partial charge in [-0.3, -0.25) is 0 Å². The summed E-state index contributed by atoms with van der Waals surface area (Å²) in [5.41, 5.74) is 7.87. The smallest absolute Gasteiger partial charge is 0.0604 e. The highest BCUT2D eigenvalue weighted by Gasteiger charge is 2.28. The minimum atomic E-state index is 0.504. The molecule has 0 bridgehead atoms. The van der Waals surface area contributed by atoms with E-state index in [1.54, 1.807) is 0 Å². The maximum Gasteiger partial charge on any atom is 0.0604 e. The van der Waals surface area contributed by atoms with Crippen molar-refractivity contribution in [3.8, 4) is 0 Å². The van der Waals surface area contributed by atoms with Gasteiger partial charge < -0.3 is 15.8 Å². The fourth-order valence-corrected chi connectivity index (χ4v) is 2.39. The van der Waals surface area contributed by atoms with Crippen LogP contribution >= 0.6 is 0 Å². The number of hydrogen-bond acceptors (Lipinski definition) is 3. The lowest BCUT2D eigenvalue weighted by Crippen LogP contribution is -2.45. The molecule has 100 valence electrons. The summed E-state index contributed by atoms with van der Waals surface area (Å²) in [7, 11) is 0. The first-order valence-electron chi connectivity index (χ1n) is 6.97. The molecule has 0 saturated heterocycles. The summed E-state index contributed by atoms with van der Waals surface area (Å²) in [4.78, 5) is 0. The van der Waals surface area contributed by atoms with Gasteiger partial charge in [-0.15, -0.1) is 0 Å². The maximum atomic E-state index is 5.66. The predicted octanol–water partition coefficient (Wildman–Crippen LogP) is 2.36. The highest BCUT2D eigenvalue weighted by molar-refractivity contribution is 5.39. The molecule has 1 fully saturated rings. The molecule has 0 aliphatic heterocycles. The SMILES string of the molecule is CCOC1CC(NCCCc2ccc(N)cc2)C1. The molecule has 2 rings (SSSR count). The van der Waals surface area contributed by atoms with Crippen LogP contribution in [0.2, 0.25) is 0 Å². The molecule has 0 heterocycles. The van der Waals surface area contributed by atoms with E-state index in [1.165, 1.54) is 24.8 Å². The normalized spacial score (nSPS) is 22.7. The minimum absolute atomic E-state index is 0.504. The molecule has 0 aromatic heterocycles. The quantitative estimate of drug-likeness (QED) is 0.575. The fourth-order valence-electron chi connectivity index (χ4n) is 2.39. The summed E-state index contributed by atoms with van der Waals surface area (Å²) in [6.07, 6.45) is 5.16. The highest BCUT2D eigenvalue weighted by atomic mass is 16.5. The van der Waals surface area contributed by atoms with Crippen molar-refractivity contribution in [2.24, 2.45) is 0 Å². The summed E-state index contributed by atoms with van der Waals surface area (Å²) in [6, 6.07) is 8.85. The number of hydrogen-bond donors (Lipinski definition) is 2. The molecule has 18 heavy (non-hydrogen) atoms. The Morgan fingerprint density at radius 1 is 1.28 bits per heavy atom. The van der Waals surface area contributed by atoms with Gasteiger partial charge in [0.1, 0.15) is 0 Å². The maximum absolute atomic E-state index is 5.66. The Bertz CT molecular complexity index is 344. The van der Waals surface area contributed by atoms with Crippen molar-refractivity contribution in [2.75, 3.05) is 18.9 Å². The molecule has 3 nitrogen and oxygen atoms in total. The van der Waals surface area contributed by atoms with Crippen LogP contribution in [0.5, 0.6) is 0 Å². The molecule has 0 unspecified atom stereocenters. The molecule has 0 amide bonds. The number of benzene rings is 1. The Labute approximate surface area is 110 Å². The predicted molar refractivity (Wildman–Crippen MR) is 75.6 cm³/mol. The summed E-state index contributed by atoms with van der Waals surface area (Å²) in [6.45, 7) is 4.00. The third-order valence-electron chi connectivity index (χ3n) is 3.55. The van der Waals surface area contributed by atoms with E-state index in [9.17, 15) is 0 Å². The van der Waals surface area contributed by atoms with E-state index in [4.69, 9.17) is 10.5 Å². The van der Waals surface area contributed by atoms with E-state index in [0.717, 1.165) is 25.3 Å². The molecule has 3 heteroatoms. The summed E-state index contributed by atoms with van der Waals surface area (Å²) in [5, 5.41) is 3.58. The zero-order valence-electron chi connectivity index (χ0n) is 11.2. The summed E-state index contributed by atoms with van der Waals surface area (Å²) < 4.78 is 5.54. The number of rotatable bonds is 7. The average molecular weight is 248 g/mol. The van der Waals surface area contributed by atoms with Gasteiger partial charge in [0.2, 0.25) is 0 Å². The van der Waals surface area contributed by atoms with Crippen LogP contribution in [-0.2, 0) is 11.2 Å². The van der Waals surface area contributed by atoms with E-state index in [-0.39, 0.29) is 0 Å². The zero-order valence-corrected chi connectivity index (χ0v) is 11.2. The van der Waals surface area contributed by atoms with E-state index >= 15 is 0 Å². The molecule has 0 atom stereocenters. The third kappa shape index (κ3) is 4.00. The number of nitrogen functional groups attached to an aromatic ring is 1. The topological polar surface area (TPSA) is 47.3 Å². The first kappa shape index (κ1) is 13.4. The van der Waals surface area contributed by atoms with Crippen molar-refractivity contribution in [1.82, 2.24) is 5.32 Å². The van der Waals surface area contributed by atoms with Crippen molar-refractivity contribution in [1.29, 1.82) is 0 Å². The monoisotopic (exact) mass is 248 g/mol. The largest absolute Gasteiger partial charge is 0.399 e. The number of anilines is 1. The lowest BCUT2D eigenvalue weighted by Gasteiger charge is -2.35. The highest BCUT2D eigenvalue weighted by Crippen LogP contribution is 2.23. The second-order valence-corrected chi connectivity index (χ2v) is 5.04. The summed E-state index contributed by atoms with van der Waals surface area (Å²) >= 11 is 0. The van der Waals surface area contributed by atoms with E-state index in [0.29, 0.717) is 12.1 Å². The number of aryl methyl sites for hydroxylation is 1. The van der Waals surface area contributed by atoms with Crippen LogP contribution in [0.15, 0.2) is 24.3 Å². The molecule has 1 aliphatic carbocycles. The van der Waals surface area contributed by atoms with Gasteiger partial charge in [0.15, 0.2) is 0 Å². The van der Waals surface area contributed by atoms with E-state index in [2.05, 4.69) is 24.4 Å². The van der Waals surface area contributed by atoms with Crippen molar-refractivity contribution >= 4 is 5.69 Å². The van der Waals surface area contributed by atoms with Crippen LogP contribution in [0.1, 0.15) is 31.7 Å². The Morgan fingerprint density at radius 3 is 2.67 bits per heavy atom. The molecule has 1 aromatic rings. The van der Waals surface area contributed by atoms with E-state index < -0.39 is 0 Å². The van der Waals surface area contributed by atoms with Gasteiger partial charge in [0.25, 0.3) is 0 Å². The van der Waals surface area contributed by atoms with Gasteiger partial charge in [-0.25, -0.2) is 0 Å². The molecule has 1 aliphatic rings. The van der Waals surface area contributed by atoms with Gasteiger partial charge in [0, 0.05) is 18.3 Å². The Morgan fingerprint density at radius 2 is 2.00 bits per heavy atom. The standard InChI is InChI=1S/C15H24N2O/c1-2-18-15-10-14(11-15)17-9-3-4-12-5-7-13(16)8-6-12/h5-8,14-15,17H,2-4,9-11,16H2,1H3. The van der Waals surface area contributed by atoms with Gasteiger partial charge in [-0.2, -0.15) is 0 Å². The molecule has 0 spiro atoms. The van der Waals surface area contributed by atoms with Crippen LogP contribution in [-0.4, -0.2) is 25.3 Å². The lowest BCUT2D eigenvalue weighted by atomic mass is 9.89. The average Bonchev–Trinajstić information content (AvgIpc) is 2.33. The minimum Gasteiger partial charge on any atom is -0.399 e. The van der Waals surface area contributed by atoms with Gasteiger partial charge >= 0.3 is 0 Å². The molecule has 1 saturated carbocycles. The molecule has 0 radical (unpaired) electrons. The van der Waals surface area contributed by atoms with Crippen molar-refractivity contribution in [3.63, 3.8) is 0 Å². The zero-order chi connectivity index (χ0) is 12.8. The molecule has 1 aromatic carbocycles. The van der Waals surface area contributed by atoms with Crippen molar-refractivity contribution in [3.05, 3.63) is 29.8 Å². The first-order chi connectivity index (χ1) is 8.78. The van der Waals surface area contributed by atoms with Crippen LogP contribution < -0.4 is 11.1 Å². The fraction of sp³-hybridized carbons (Fsp3) is 0.600. The van der Waals surface area contributed by atoms with Crippen LogP contribution in [0.25, 0.3) is 0 Å². The Kier molecular flexibility index (Phi) is 5.02. The van der Waals surface area contributed by atoms with Crippen molar-refractivity contribution in [2.45, 2.75) is 44.8 Å². The van der Waals surface area contributed by atoms with Gasteiger partial charge in [-0.05, 0) is 56.8 Å². The third-order valence-corrected chi connectivity index (χ3v) is 3.55. The van der Waals surface area contributed by atoms with Crippen molar-refractivity contribution < 1.29 is 4.74 Å². The van der Waals surface area contributed by atoms with Crippen LogP contribution in [0, 0.1) is 0 Å². The molecule has 3 N–H and O–H groups in total. The number of nitrogens with two attached hydrogens (primary N) is 1.